The summed E-state index contributed by atoms with van der Waals surface area (Å²) in [5, 5.41) is 3.44. The van der Waals surface area contributed by atoms with Crippen LogP contribution in [0.2, 0.25) is 0 Å². The Morgan fingerprint density at radius 3 is 2.58 bits per heavy atom. The summed E-state index contributed by atoms with van der Waals surface area (Å²) in [7, 11) is 0. The summed E-state index contributed by atoms with van der Waals surface area (Å²) in [6.07, 6.45) is 4.53. The van der Waals surface area contributed by atoms with E-state index in [1.165, 1.54) is 32.3 Å². The van der Waals surface area contributed by atoms with Gasteiger partial charge in [-0.15, -0.1) is 0 Å². The smallest absolute Gasteiger partial charge is 0.226 e. The molecule has 0 spiro atoms. The molecule has 1 fully saturated rings. The number of alkyl halides is 1. The SMILES string of the molecule is Cc1nc(NC2CCCC2Cc2ccccc2)nc(C(C)(C)F)n1. The average molecular weight is 328 g/mol. The first kappa shape index (κ1) is 16.8. The Bertz CT molecular complexity index is 682. The molecule has 2 aromatic rings. The van der Waals surface area contributed by atoms with E-state index in [9.17, 15) is 4.39 Å². The monoisotopic (exact) mass is 328 g/mol. The lowest BCUT2D eigenvalue weighted by Gasteiger charge is -2.22. The number of nitrogens with one attached hydrogen (secondary N) is 1. The van der Waals surface area contributed by atoms with Gasteiger partial charge in [-0.05, 0) is 51.5 Å². The van der Waals surface area contributed by atoms with Crippen LogP contribution < -0.4 is 5.32 Å². The molecule has 0 saturated heterocycles. The van der Waals surface area contributed by atoms with Crippen molar-refractivity contribution < 1.29 is 4.39 Å². The maximum Gasteiger partial charge on any atom is 0.226 e. The Morgan fingerprint density at radius 2 is 1.88 bits per heavy atom. The Morgan fingerprint density at radius 1 is 1.12 bits per heavy atom. The minimum Gasteiger partial charge on any atom is -0.351 e. The lowest BCUT2D eigenvalue weighted by atomic mass is 9.95. The summed E-state index contributed by atoms with van der Waals surface area (Å²) in [6.45, 7) is 4.72. The van der Waals surface area contributed by atoms with Crippen molar-refractivity contribution in [3.63, 3.8) is 0 Å². The van der Waals surface area contributed by atoms with Crippen molar-refractivity contribution >= 4 is 5.95 Å². The summed E-state index contributed by atoms with van der Waals surface area (Å²) in [5.41, 5.74) is -0.211. The van der Waals surface area contributed by atoms with Crippen molar-refractivity contribution in [2.75, 3.05) is 5.32 Å². The van der Waals surface area contributed by atoms with E-state index >= 15 is 0 Å². The molecule has 1 aliphatic rings. The first-order chi connectivity index (χ1) is 11.4. The number of rotatable bonds is 5. The number of aryl methyl sites for hydroxylation is 1. The van der Waals surface area contributed by atoms with Crippen molar-refractivity contribution in [3.05, 3.63) is 47.5 Å². The van der Waals surface area contributed by atoms with Gasteiger partial charge in [0.05, 0.1) is 0 Å². The van der Waals surface area contributed by atoms with Crippen molar-refractivity contribution in [2.45, 2.75) is 58.2 Å². The third-order valence-electron chi connectivity index (χ3n) is 4.59. The van der Waals surface area contributed by atoms with Crippen LogP contribution in [0.1, 0.15) is 50.3 Å². The molecular formula is C19H25FN4. The molecule has 0 bridgehead atoms. The topological polar surface area (TPSA) is 50.7 Å². The highest BCUT2D eigenvalue weighted by molar-refractivity contribution is 5.29. The fraction of sp³-hybridized carbons (Fsp3) is 0.526. The van der Waals surface area contributed by atoms with Crippen LogP contribution in [-0.2, 0) is 12.1 Å². The summed E-state index contributed by atoms with van der Waals surface area (Å²) in [4.78, 5) is 12.8. The van der Waals surface area contributed by atoms with Crippen LogP contribution in [0.5, 0.6) is 0 Å². The molecule has 2 unspecified atom stereocenters. The molecule has 1 saturated carbocycles. The number of aromatic nitrogens is 3. The second-order valence-electron chi connectivity index (χ2n) is 7.13. The predicted molar refractivity (Wildman–Crippen MR) is 93.6 cm³/mol. The van der Waals surface area contributed by atoms with E-state index < -0.39 is 5.67 Å². The van der Waals surface area contributed by atoms with Gasteiger partial charge in [0.2, 0.25) is 5.95 Å². The highest BCUT2D eigenvalue weighted by atomic mass is 19.1. The lowest BCUT2D eigenvalue weighted by molar-refractivity contribution is 0.205. The van der Waals surface area contributed by atoms with Gasteiger partial charge in [0.25, 0.3) is 0 Å². The molecule has 128 valence electrons. The molecule has 0 aliphatic heterocycles. The average Bonchev–Trinajstić information content (AvgIpc) is 2.94. The van der Waals surface area contributed by atoms with Crippen LogP contribution in [0.3, 0.4) is 0 Å². The Balaban J connectivity index is 1.74. The minimum atomic E-state index is -1.57. The predicted octanol–water partition coefficient (Wildman–Crippen LogP) is 4.21. The zero-order valence-electron chi connectivity index (χ0n) is 14.6. The van der Waals surface area contributed by atoms with E-state index in [1.54, 1.807) is 6.92 Å². The molecule has 1 heterocycles. The number of halogens is 1. The molecule has 1 N–H and O–H groups in total. The molecule has 4 nitrogen and oxygen atoms in total. The van der Waals surface area contributed by atoms with E-state index in [2.05, 4.69) is 44.5 Å². The van der Waals surface area contributed by atoms with Gasteiger partial charge in [-0.25, -0.2) is 9.37 Å². The maximum atomic E-state index is 14.2. The number of hydrogen-bond donors (Lipinski definition) is 1. The van der Waals surface area contributed by atoms with Crippen molar-refractivity contribution in [2.24, 2.45) is 5.92 Å². The highest BCUT2D eigenvalue weighted by Gasteiger charge is 2.29. The summed E-state index contributed by atoms with van der Waals surface area (Å²) < 4.78 is 14.2. The van der Waals surface area contributed by atoms with Crippen LogP contribution in [0, 0.1) is 12.8 Å². The second-order valence-corrected chi connectivity index (χ2v) is 7.13. The van der Waals surface area contributed by atoms with Crippen molar-refractivity contribution in [1.29, 1.82) is 0 Å². The standard InChI is InChI=1S/C19H25FN4/c1-13-21-17(19(2,3)20)24-18(22-13)23-16-11-7-10-15(16)12-14-8-5-4-6-9-14/h4-6,8-9,15-16H,7,10-12H2,1-3H3,(H,21,22,23,24). The van der Waals surface area contributed by atoms with Gasteiger partial charge in [-0.2, -0.15) is 9.97 Å². The van der Waals surface area contributed by atoms with Gasteiger partial charge >= 0.3 is 0 Å². The third-order valence-corrected chi connectivity index (χ3v) is 4.59. The molecule has 5 heteroatoms. The summed E-state index contributed by atoms with van der Waals surface area (Å²) in [5.74, 6) is 1.78. The molecule has 0 radical (unpaired) electrons. The van der Waals surface area contributed by atoms with E-state index in [1.807, 2.05) is 6.07 Å². The zero-order chi connectivity index (χ0) is 17.2. The van der Waals surface area contributed by atoms with Gasteiger partial charge in [0.1, 0.15) is 5.82 Å². The minimum absolute atomic E-state index is 0.190. The fourth-order valence-electron chi connectivity index (χ4n) is 3.37. The first-order valence-corrected chi connectivity index (χ1v) is 8.64. The van der Waals surface area contributed by atoms with Crippen molar-refractivity contribution in [1.82, 2.24) is 15.0 Å². The Hall–Kier alpha value is -2.04. The van der Waals surface area contributed by atoms with E-state index in [-0.39, 0.29) is 5.82 Å². The molecule has 1 aromatic carbocycles. The number of benzene rings is 1. The largest absolute Gasteiger partial charge is 0.351 e. The molecule has 24 heavy (non-hydrogen) atoms. The van der Waals surface area contributed by atoms with Gasteiger partial charge < -0.3 is 5.32 Å². The molecule has 2 atom stereocenters. The molecule has 1 aromatic heterocycles. The van der Waals surface area contributed by atoms with Crippen LogP contribution in [0.4, 0.5) is 10.3 Å². The normalized spacial score (nSPS) is 21.0. The number of nitrogens with zero attached hydrogens (tertiary/aromatic N) is 3. The zero-order valence-corrected chi connectivity index (χ0v) is 14.6. The van der Waals surface area contributed by atoms with Crippen LogP contribution in [0.15, 0.2) is 30.3 Å². The number of anilines is 1. The first-order valence-electron chi connectivity index (χ1n) is 8.64. The third kappa shape index (κ3) is 4.08. The van der Waals surface area contributed by atoms with E-state index in [0.717, 1.165) is 12.8 Å². The summed E-state index contributed by atoms with van der Waals surface area (Å²) >= 11 is 0. The Labute approximate surface area is 143 Å². The van der Waals surface area contributed by atoms with Crippen LogP contribution in [0.25, 0.3) is 0 Å². The van der Waals surface area contributed by atoms with Gasteiger partial charge in [-0.1, -0.05) is 36.8 Å². The van der Waals surface area contributed by atoms with Crippen LogP contribution >= 0.6 is 0 Å². The molecule has 3 rings (SSSR count). The fourth-order valence-corrected chi connectivity index (χ4v) is 3.37. The quantitative estimate of drug-likeness (QED) is 0.893. The van der Waals surface area contributed by atoms with Crippen LogP contribution in [-0.4, -0.2) is 21.0 Å². The van der Waals surface area contributed by atoms with Gasteiger partial charge in [-0.3, -0.25) is 0 Å². The van der Waals surface area contributed by atoms with E-state index in [4.69, 9.17) is 0 Å². The second kappa shape index (κ2) is 6.83. The lowest BCUT2D eigenvalue weighted by Crippen LogP contribution is -2.28. The van der Waals surface area contributed by atoms with E-state index in [0.29, 0.717) is 23.7 Å². The molecule has 0 amide bonds. The molecule has 1 aliphatic carbocycles. The molecular weight excluding hydrogens is 303 g/mol. The highest BCUT2D eigenvalue weighted by Crippen LogP contribution is 2.31. The van der Waals surface area contributed by atoms with Crippen molar-refractivity contribution in [3.8, 4) is 0 Å². The Kier molecular flexibility index (Phi) is 4.78. The number of hydrogen-bond acceptors (Lipinski definition) is 4. The maximum absolute atomic E-state index is 14.2. The van der Waals surface area contributed by atoms with Gasteiger partial charge in [0.15, 0.2) is 11.5 Å². The van der Waals surface area contributed by atoms with Gasteiger partial charge in [0, 0.05) is 6.04 Å². The summed E-state index contributed by atoms with van der Waals surface area (Å²) in [6, 6.07) is 10.9.